The minimum absolute atomic E-state index is 0.0856. The Balaban J connectivity index is 2.17. The highest BCUT2D eigenvalue weighted by Crippen LogP contribution is 2.09. The second kappa shape index (κ2) is 14.6. The van der Waals surface area contributed by atoms with E-state index < -0.39 is 48.6 Å². The zero-order valence-electron chi connectivity index (χ0n) is 20.0. The zero-order valence-corrected chi connectivity index (χ0v) is 20.0. The van der Waals surface area contributed by atoms with Crippen molar-refractivity contribution in [3.05, 3.63) is 35.9 Å². The van der Waals surface area contributed by atoms with Crippen molar-refractivity contribution in [1.82, 2.24) is 21.3 Å². The molecule has 4 unspecified atom stereocenters. The van der Waals surface area contributed by atoms with Gasteiger partial charge in [-0.05, 0) is 37.8 Å². The van der Waals surface area contributed by atoms with Crippen LogP contribution in [0.2, 0.25) is 0 Å². The fraction of sp³-hybridized carbons (Fsp3) is 0.522. The summed E-state index contributed by atoms with van der Waals surface area (Å²) >= 11 is 0. The van der Waals surface area contributed by atoms with Gasteiger partial charge in [-0.2, -0.15) is 0 Å². The number of carbonyl (C=O) groups is 4. The maximum absolute atomic E-state index is 13.3. The maximum Gasteiger partial charge on any atom is 0.328 e. The first-order chi connectivity index (χ1) is 17.2. The molecule has 1 fully saturated rings. The maximum atomic E-state index is 13.3. The van der Waals surface area contributed by atoms with Crippen molar-refractivity contribution in [2.75, 3.05) is 19.7 Å². The molecule has 2 rings (SSSR count). The minimum Gasteiger partial charge on any atom is -0.480 e. The number of aliphatic hydroxyl groups excluding tert-OH is 1. The van der Waals surface area contributed by atoms with Gasteiger partial charge in [0.25, 0.3) is 0 Å². The van der Waals surface area contributed by atoms with E-state index in [1.54, 1.807) is 0 Å². The molecule has 1 aliphatic rings. The van der Waals surface area contributed by atoms with Gasteiger partial charge in [0.05, 0.1) is 12.6 Å². The van der Waals surface area contributed by atoms with Gasteiger partial charge in [0.15, 0.2) is 5.96 Å². The smallest absolute Gasteiger partial charge is 0.328 e. The third-order valence-corrected chi connectivity index (χ3v) is 5.67. The molecule has 1 aromatic carbocycles. The van der Waals surface area contributed by atoms with Crippen LogP contribution in [0.3, 0.4) is 0 Å². The van der Waals surface area contributed by atoms with Crippen LogP contribution in [-0.4, -0.2) is 83.7 Å². The van der Waals surface area contributed by atoms with E-state index in [4.69, 9.17) is 16.6 Å². The van der Waals surface area contributed by atoms with Gasteiger partial charge in [-0.1, -0.05) is 30.3 Å². The molecule has 198 valence electrons. The van der Waals surface area contributed by atoms with E-state index >= 15 is 0 Å². The standard InChI is InChI=1S/C23H35N7O6/c24-23(25)27-11-5-9-16(20(33)30-18(13-31)22(35)36)28-21(34)17(12-14-6-2-1-3-7-14)29-19(32)15-8-4-10-26-15/h1-3,6-7,15-18,26,31H,4-5,8-13H2,(H,28,34)(H,29,32)(H,30,33)(H,35,36)(H4,24,25,27). The van der Waals surface area contributed by atoms with Crippen LogP contribution in [0.1, 0.15) is 31.2 Å². The Labute approximate surface area is 209 Å². The van der Waals surface area contributed by atoms with Crippen molar-refractivity contribution >= 4 is 29.7 Å². The fourth-order valence-electron chi connectivity index (χ4n) is 3.74. The van der Waals surface area contributed by atoms with E-state index in [2.05, 4.69) is 26.3 Å². The number of aliphatic hydroxyl groups is 1. The third kappa shape index (κ3) is 9.50. The van der Waals surface area contributed by atoms with Crippen molar-refractivity contribution in [2.24, 2.45) is 16.5 Å². The van der Waals surface area contributed by atoms with Gasteiger partial charge >= 0.3 is 5.97 Å². The number of carbonyl (C=O) groups excluding carboxylic acids is 3. The molecule has 10 N–H and O–H groups in total. The van der Waals surface area contributed by atoms with Crippen molar-refractivity contribution in [3.8, 4) is 0 Å². The number of amides is 3. The monoisotopic (exact) mass is 505 g/mol. The largest absolute Gasteiger partial charge is 0.480 e. The molecule has 0 spiro atoms. The summed E-state index contributed by atoms with van der Waals surface area (Å²) in [7, 11) is 0. The number of carboxylic acids is 1. The highest BCUT2D eigenvalue weighted by atomic mass is 16.4. The number of nitrogens with two attached hydrogens (primary N) is 2. The number of benzene rings is 1. The normalized spacial score (nSPS) is 17.3. The molecule has 1 aliphatic heterocycles. The summed E-state index contributed by atoms with van der Waals surface area (Å²) in [4.78, 5) is 53.9. The van der Waals surface area contributed by atoms with Gasteiger partial charge in [-0.15, -0.1) is 0 Å². The minimum atomic E-state index is -1.54. The molecular formula is C23H35N7O6. The van der Waals surface area contributed by atoms with Gasteiger partial charge < -0.3 is 42.9 Å². The van der Waals surface area contributed by atoms with Crippen LogP contribution in [0.25, 0.3) is 0 Å². The molecule has 13 nitrogen and oxygen atoms in total. The zero-order chi connectivity index (χ0) is 26.5. The van der Waals surface area contributed by atoms with E-state index in [9.17, 15) is 24.3 Å². The molecule has 0 radical (unpaired) electrons. The lowest BCUT2D eigenvalue weighted by atomic mass is 10.0. The second-order valence-corrected chi connectivity index (χ2v) is 8.49. The average Bonchev–Trinajstić information content (AvgIpc) is 3.39. The lowest BCUT2D eigenvalue weighted by Crippen LogP contribution is -2.57. The predicted octanol–water partition coefficient (Wildman–Crippen LogP) is -2.43. The lowest BCUT2D eigenvalue weighted by molar-refractivity contribution is -0.143. The Hall–Kier alpha value is -3.71. The molecule has 0 bridgehead atoms. The molecule has 0 aromatic heterocycles. The van der Waals surface area contributed by atoms with Crippen molar-refractivity contribution in [2.45, 2.75) is 56.3 Å². The van der Waals surface area contributed by atoms with Crippen molar-refractivity contribution < 1.29 is 29.4 Å². The molecule has 4 atom stereocenters. The Morgan fingerprint density at radius 2 is 1.69 bits per heavy atom. The van der Waals surface area contributed by atoms with E-state index in [-0.39, 0.29) is 31.3 Å². The molecule has 1 aromatic rings. The molecule has 3 amide bonds. The third-order valence-electron chi connectivity index (χ3n) is 5.67. The average molecular weight is 506 g/mol. The number of nitrogens with zero attached hydrogens (tertiary/aromatic N) is 1. The topological polar surface area (TPSA) is 221 Å². The molecule has 36 heavy (non-hydrogen) atoms. The van der Waals surface area contributed by atoms with Crippen LogP contribution >= 0.6 is 0 Å². The van der Waals surface area contributed by atoms with Gasteiger partial charge in [0.1, 0.15) is 18.1 Å². The number of aliphatic carboxylic acids is 1. The fourth-order valence-corrected chi connectivity index (χ4v) is 3.74. The lowest BCUT2D eigenvalue weighted by Gasteiger charge is -2.25. The van der Waals surface area contributed by atoms with Crippen LogP contribution in [-0.2, 0) is 25.6 Å². The van der Waals surface area contributed by atoms with E-state index in [0.717, 1.165) is 12.0 Å². The van der Waals surface area contributed by atoms with Gasteiger partial charge in [0.2, 0.25) is 17.7 Å². The first kappa shape index (κ1) is 28.5. The first-order valence-electron chi connectivity index (χ1n) is 11.8. The highest BCUT2D eigenvalue weighted by molar-refractivity contribution is 5.94. The Morgan fingerprint density at radius 1 is 1.03 bits per heavy atom. The number of rotatable bonds is 14. The van der Waals surface area contributed by atoms with Crippen LogP contribution in [0.4, 0.5) is 0 Å². The summed E-state index contributed by atoms with van der Waals surface area (Å²) in [5, 5.41) is 29.1. The van der Waals surface area contributed by atoms with Gasteiger partial charge in [0, 0.05) is 13.0 Å². The number of guanidine groups is 1. The molecular weight excluding hydrogens is 470 g/mol. The number of aliphatic imine (C=N–C) groups is 1. The molecule has 13 heteroatoms. The number of nitrogens with one attached hydrogen (secondary N) is 4. The van der Waals surface area contributed by atoms with Crippen LogP contribution < -0.4 is 32.7 Å². The van der Waals surface area contributed by atoms with E-state index in [1.807, 2.05) is 30.3 Å². The summed E-state index contributed by atoms with van der Waals surface area (Å²) in [6.45, 7) is 0.0694. The first-order valence-corrected chi connectivity index (χ1v) is 11.8. The molecule has 0 saturated carbocycles. The van der Waals surface area contributed by atoms with E-state index in [0.29, 0.717) is 19.4 Å². The number of carboxylic acid groups (broad SMARTS) is 1. The summed E-state index contributed by atoms with van der Waals surface area (Å²) in [5.41, 5.74) is 11.4. The highest BCUT2D eigenvalue weighted by Gasteiger charge is 2.31. The summed E-state index contributed by atoms with van der Waals surface area (Å²) < 4.78 is 0. The molecule has 1 heterocycles. The van der Waals surface area contributed by atoms with Crippen LogP contribution in [0.15, 0.2) is 35.3 Å². The predicted molar refractivity (Wildman–Crippen MR) is 132 cm³/mol. The number of hydrogen-bond donors (Lipinski definition) is 8. The summed E-state index contributed by atoms with van der Waals surface area (Å²) in [5.74, 6) is -3.27. The Kier molecular flexibility index (Phi) is 11.6. The Morgan fingerprint density at radius 3 is 2.28 bits per heavy atom. The quantitative estimate of drug-likeness (QED) is 0.0763. The van der Waals surface area contributed by atoms with Gasteiger partial charge in [-0.25, -0.2) is 4.79 Å². The summed E-state index contributed by atoms with van der Waals surface area (Å²) in [6.07, 6.45) is 2.07. The van der Waals surface area contributed by atoms with Gasteiger partial charge in [-0.3, -0.25) is 19.4 Å². The SMILES string of the molecule is NC(N)=NCCCC(NC(=O)C(Cc1ccccc1)NC(=O)C1CCCN1)C(=O)NC(CO)C(=O)O. The molecule has 1 saturated heterocycles. The second-order valence-electron chi connectivity index (χ2n) is 8.49. The Bertz CT molecular complexity index is 917. The van der Waals surface area contributed by atoms with Crippen molar-refractivity contribution in [1.29, 1.82) is 0 Å². The van der Waals surface area contributed by atoms with Crippen LogP contribution in [0, 0.1) is 0 Å². The summed E-state index contributed by atoms with van der Waals surface area (Å²) in [6, 6.07) is 5.01. The van der Waals surface area contributed by atoms with Crippen molar-refractivity contribution in [3.63, 3.8) is 0 Å². The van der Waals surface area contributed by atoms with E-state index in [1.165, 1.54) is 0 Å². The molecule has 0 aliphatic carbocycles. The number of hydrogen-bond acceptors (Lipinski definition) is 7. The van der Waals surface area contributed by atoms with Crippen LogP contribution in [0.5, 0.6) is 0 Å².